The Labute approximate surface area is 152 Å². The minimum atomic E-state index is -0.165. The first-order valence-electron chi connectivity index (χ1n) is 7.65. The normalized spacial score (nSPS) is 10.5. The Kier molecular flexibility index (Phi) is 6.76. The lowest BCUT2D eigenvalue weighted by atomic mass is 10.2. The number of nitrogens with one attached hydrogen (secondary N) is 2. The van der Waals surface area contributed by atoms with Crippen LogP contribution in [0.1, 0.15) is 13.8 Å². The fourth-order valence-electron chi connectivity index (χ4n) is 1.94. The third-order valence-electron chi connectivity index (χ3n) is 3.04. The molecule has 2 N–H and O–H groups in total. The first-order chi connectivity index (χ1) is 11.4. The molecule has 0 saturated carbocycles. The van der Waals surface area contributed by atoms with E-state index in [1.807, 2.05) is 24.3 Å². The Bertz CT molecular complexity index is 668. The number of amides is 1. The zero-order valence-electron chi connectivity index (χ0n) is 13.6. The Morgan fingerprint density at radius 2 is 1.67 bits per heavy atom. The summed E-state index contributed by atoms with van der Waals surface area (Å²) in [5.41, 5.74) is 1.41. The maximum absolute atomic E-state index is 12.0. The average Bonchev–Trinajstić information content (AvgIpc) is 2.51. The van der Waals surface area contributed by atoms with Gasteiger partial charge in [0, 0.05) is 21.4 Å². The molecular weight excluding hydrogens is 347 g/mol. The number of benzene rings is 2. The van der Waals surface area contributed by atoms with Gasteiger partial charge in [-0.2, -0.15) is 0 Å². The maximum atomic E-state index is 12.0. The van der Waals surface area contributed by atoms with E-state index in [2.05, 4.69) is 24.5 Å². The molecule has 0 radical (unpaired) electrons. The van der Waals surface area contributed by atoms with Gasteiger partial charge in [0.25, 0.3) is 0 Å². The Balaban J connectivity index is 1.83. The van der Waals surface area contributed by atoms with Crippen molar-refractivity contribution < 1.29 is 9.53 Å². The van der Waals surface area contributed by atoms with Gasteiger partial charge < -0.3 is 15.4 Å². The topological polar surface area (TPSA) is 50.4 Å². The van der Waals surface area contributed by atoms with Crippen molar-refractivity contribution in [3.63, 3.8) is 0 Å². The van der Waals surface area contributed by atoms with Gasteiger partial charge in [-0.25, -0.2) is 0 Å². The van der Waals surface area contributed by atoms with Gasteiger partial charge in [-0.05, 0) is 48.4 Å². The zero-order chi connectivity index (χ0) is 17.5. The van der Waals surface area contributed by atoms with E-state index in [1.54, 1.807) is 18.2 Å². The van der Waals surface area contributed by atoms with E-state index in [9.17, 15) is 4.79 Å². The predicted octanol–water partition coefficient (Wildman–Crippen LogP) is 5.08. The van der Waals surface area contributed by atoms with Crippen LogP contribution in [0.2, 0.25) is 10.0 Å². The number of rotatable bonds is 7. The van der Waals surface area contributed by atoms with Gasteiger partial charge in [-0.15, -0.1) is 0 Å². The number of carbonyl (C=O) groups is 1. The summed E-state index contributed by atoms with van der Waals surface area (Å²) in [4.78, 5) is 12.0. The van der Waals surface area contributed by atoms with Gasteiger partial charge in [0.2, 0.25) is 5.91 Å². The van der Waals surface area contributed by atoms with E-state index >= 15 is 0 Å². The van der Waals surface area contributed by atoms with Crippen LogP contribution in [0.3, 0.4) is 0 Å². The van der Waals surface area contributed by atoms with Crippen LogP contribution in [0.25, 0.3) is 0 Å². The number of anilines is 2. The summed E-state index contributed by atoms with van der Waals surface area (Å²) in [6.07, 6.45) is 0. The highest BCUT2D eigenvalue weighted by atomic mass is 35.5. The summed E-state index contributed by atoms with van der Waals surface area (Å²) in [6.45, 7) is 4.96. The van der Waals surface area contributed by atoms with Crippen molar-refractivity contribution in [1.82, 2.24) is 0 Å². The van der Waals surface area contributed by atoms with Crippen LogP contribution < -0.4 is 15.4 Å². The van der Waals surface area contributed by atoms with Crippen LogP contribution in [0.4, 0.5) is 11.4 Å². The molecule has 0 aliphatic carbocycles. The molecule has 0 aliphatic heterocycles. The number of ether oxygens (including phenoxy) is 1. The Morgan fingerprint density at radius 1 is 1.04 bits per heavy atom. The fourth-order valence-corrected chi connectivity index (χ4v) is 2.47. The Hall–Kier alpha value is -1.91. The second kappa shape index (κ2) is 8.81. The number of hydrogen-bond acceptors (Lipinski definition) is 3. The summed E-state index contributed by atoms with van der Waals surface area (Å²) < 4.78 is 5.61. The highest BCUT2D eigenvalue weighted by Crippen LogP contribution is 2.22. The summed E-state index contributed by atoms with van der Waals surface area (Å²) in [7, 11) is 0. The SMILES string of the molecule is CC(C)COc1ccc(NC(=O)CNc2cc(Cl)cc(Cl)c2)cc1. The molecule has 2 aromatic carbocycles. The van der Waals surface area contributed by atoms with Crippen molar-refractivity contribution in [2.45, 2.75) is 13.8 Å². The summed E-state index contributed by atoms with van der Waals surface area (Å²) in [5, 5.41) is 6.83. The molecule has 0 fully saturated rings. The van der Waals surface area contributed by atoms with Crippen LogP contribution >= 0.6 is 23.2 Å². The van der Waals surface area contributed by atoms with E-state index in [1.165, 1.54) is 0 Å². The first-order valence-corrected chi connectivity index (χ1v) is 8.40. The number of halogens is 2. The van der Waals surface area contributed by atoms with Crippen molar-refractivity contribution in [3.05, 3.63) is 52.5 Å². The quantitative estimate of drug-likeness (QED) is 0.718. The minimum Gasteiger partial charge on any atom is -0.493 e. The van der Waals surface area contributed by atoms with E-state index in [4.69, 9.17) is 27.9 Å². The molecule has 0 bridgehead atoms. The molecule has 2 rings (SSSR count). The summed E-state index contributed by atoms with van der Waals surface area (Å²) in [6, 6.07) is 12.3. The Morgan fingerprint density at radius 3 is 2.25 bits per heavy atom. The summed E-state index contributed by atoms with van der Waals surface area (Å²) >= 11 is 11.8. The molecule has 0 unspecified atom stereocenters. The minimum absolute atomic E-state index is 0.113. The molecule has 2 aromatic rings. The van der Waals surface area contributed by atoms with Crippen molar-refractivity contribution in [1.29, 1.82) is 0 Å². The second-order valence-electron chi connectivity index (χ2n) is 5.79. The molecule has 0 aliphatic rings. The molecule has 128 valence electrons. The molecular formula is C18H20Cl2N2O2. The van der Waals surface area contributed by atoms with E-state index in [0.717, 1.165) is 5.75 Å². The van der Waals surface area contributed by atoms with Gasteiger partial charge in [0.15, 0.2) is 0 Å². The van der Waals surface area contributed by atoms with Gasteiger partial charge in [0.05, 0.1) is 13.2 Å². The molecule has 6 heteroatoms. The average molecular weight is 367 g/mol. The third-order valence-corrected chi connectivity index (χ3v) is 3.47. The van der Waals surface area contributed by atoms with Crippen molar-refractivity contribution in [2.24, 2.45) is 5.92 Å². The van der Waals surface area contributed by atoms with Crippen molar-refractivity contribution in [3.8, 4) is 5.75 Å². The number of carbonyl (C=O) groups excluding carboxylic acids is 1. The van der Waals surface area contributed by atoms with Gasteiger partial charge in [-0.3, -0.25) is 4.79 Å². The molecule has 0 atom stereocenters. The largest absolute Gasteiger partial charge is 0.493 e. The molecule has 0 aromatic heterocycles. The molecule has 4 nitrogen and oxygen atoms in total. The highest BCUT2D eigenvalue weighted by molar-refractivity contribution is 6.35. The number of hydrogen-bond donors (Lipinski definition) is 2. The molecule has 0 saturated heterocycles. The second-order valence-corrected chi connectivity index (χ2v) is 6.66. The molecule has 0 spiro atoms. The molecule has 0 heterocycles. The van der Waals surface area contributed by atoms with Crippen molar-refractivity contribution in [2.75, 3.05) is 23.8 Å². The lowest BCUT2D eigenvalue weighted by molar-refractivity contribution is -0.114. The predicted molar refractivity (Wildman–Crippen MR) is 100 cm³/mol. The fraction of sp³-hybridized carbons (Fsp3) is 0.278. The summed E-state index contributed by atoms with van der Waals surface area (Å²) in [5.74, 6) is 1.09. The lowest BCUT2D eigenvalue weighted by Gasteiger charge is -2.11. The van der Waals surface area contributed by atoms with Crippen LogP contribution in [-0.2, 0) is 4.79 Å². The van der Waals surface area contributed by atoms with E-state index < -0.39 is 0 Å². The van der Waals surface area contributed by atoms with Crippen LogP contribution in [-0.4, -0.2) is 19.1 Å². The molecule has 1 amide bonds. The maximum Gasteiger partial charge on any atom is 0.243 e. The monoisotopic (exact) mass is 366 g/mol. The van der Waals surface area contributed by atoms with E-state index in [-0.39, 0.29) is 12.5 Å². The smallest absolute Gasteiger partial charge is 0.243 e. The zero-order valence-corrected chi connectivity index (χ0v) is 15.1. The lowest BCUT2D eigenvalue weighted by Crippen LogP contribution is -2.21. The van der Waals surface area contributed by atoms with Gasteiger partial charge >= 0.3 is 0 Å². The third kappa shape index (κ3) is 6.30. The van der Waals surface area contributed by atoms with Crippen LogP contribution in [0.5, 0.6) is 5.75 Å². The van der Waals surface area contributed by atoms with Gasteiger partial charge in [-0.1, -0.05) is 37.0 Å². The van der Waals surface area contributed by atoms with Crippen LogP contribution in [0, 0.1) is 5.92 Å². The van der Waals surface area contributed by atoms with Gasteiger partial charge in [0.1, 0.15) is 5.75 Å². The highest BCUT2D eigenvalue weighted by Gasteiger charge is 2.04. The standard InChI is InChI=1S/C18H20Cl2N2O2/c1-12(2)11-24-17-5-3-15(4-6-17)22-18(23)10-21-16-8-13(19)7-14(20)9-16/h3-9,12,21H,10-11H2,1-2H3,(H,22,23). The van der Waals surface area contributed by atoms with Crippen LogP contribution in [0.15, 0.2) is 42.5 Å². The molecule has 24 heavy (non-hydrogen) atoms. The van der Waals surface area contributed by atoms with E-state index in [0.29, 0.717) is 33.9 Å². The van der Waals surface area contributed by atoms with Crippen molar-refractivity contribution >= 4 is 40.5 Å². The first kappa shape index (κ1) is 18.4.